The van der Waals surface area contributed by atoms with E-state index in [0.29, 0.717) is 12.3 Å². The summed E-state index contributed by atoms with van der Waals surface area (Å²) in [6, 6.07) is 13.8. The van der Waals surface area contributed by atoms with Gasteiger partial charge in [-0.2, -0.15) is 0 Å². The van der Waals surface area contributed by atoms with Crippen LogP contribution in [0, 0.1) is 12.8 Å². The summed E-state index contributed by atoms with van der Waals surface area (Å²) in [5, 5.41) is 0. The molecule has 2 saturated heterocycles. The minimum absolute atomic E-state index is 0.0194. The fourth-order valence-corrected chi connectivity index (χ4v) is 5.27. The zero-order chi connectivity index (χ0) is 23.7. The van der Waals surface area contributed by atoms with Crippen LogP contribution in [-0.4, -0.2) is 53.7 Å². The number of carbonyl (C=O) groups excluding carboxylic acids is 1. The molecule has 2 fully saturated rings. The van der Waals surface area contributed by atoms with Crippen LogP contribution in [0.2, 0.25) is 0 Å². The first-order valence-corrected chi connectivity index (χ1v) is 12.0. The summed E-state index contributed by atoms with van der Waals surface area (Å²) in [5.74, 6) is 3.33. The second kappa shape index (κ2) is 9.64. The molecule has 0 spiro atoms. The van der Waals surface area contributed by atoms with Gasteiger partial charge in [0.15, 0.2) is 0 Å². The van der Waals surface area contributed by atoms with Crippen LogP contribution in [-0.2, 0) is 11.3 Å². The van der Waals surface area contributed by atoms with E-state index in [4.69, 9.17) is 14.5 Å². The van der Waals surface area contributed by atoms with E-state index in [1.54, 1.807) is 14.2 Å². The Bertz CT molecular complexity index is 1170. The summed E-state index contributed by atoms with van der Waals surface area (Å²) in [7, 11) is 3.31. The van der Waals surface area contributed by atoms with Gasteiger partial charge >= 0.3 is 0 Å². The minimum Gasteiger partial charge on any atom is -0.497 e. The average molecular weight is 464 g/mol. The smallest absolute Gasteiger partial charge is 0.241 e. The van der Waals surface area contributed by atoms with Crippen molar-refractivity contribution in [3.63, 3.8) is 0 Å². The van der Waals surface area contributed by atoms with Crippen molar-refractivity contribution in [1.29, 1.82) is 0 Å². The van der Waals surface area contributed by atoms with E-state index in [1.165, 1.54) is 5.52 Å². The molecule has 3 aromatic rings. The van der Waals surface area contributed by atoms with Crippen molar-refractivity contribution < 1.29 is 14.3 Å². The monoisotopic (exact) mass is 463 g/mol. The van der Waals surface area contributed by atoms with Crippen molar-refractivity contribution in [3.8, 4) is 11.5 Å². The number of piperidine rings is 1. The number of hydrazine groups is 1. The van der Waals surface area contributed by atoms with Crippen LogP contribution in [0.15, 0.2) is 42.5 Å². The van der Waals surface area contributed by atoms with Gasteiger partial charge in [-0.05, 0) is 62.4 Å². The Hall–Kier alpha value is -3.10. The van der Waals surface area contributed by atoms with Crippen LogP contribution in [0.4, 0.5) is 0 Å². The summed E-state index contributed by atoms with van der Waals surface area (Å²) in [6.07, 6.45) is 2.68. The number of methoxy groups -OCH3 is 2. The predicted octanol–water partition coefficient (Wildman–Crippen LogP) is 3.21. The van der Waals surface area contributed by atoms with Gasteiger partial charge in [0.2, 0.25) is 5.91 Å². The molecule has 0 aliphatic carbocycles. The summed E-state index contributed by atoms with van der Waals surface area (Å²) in [5.41, 5.74) is 9.74. The molecule has 2 atom stereocenters. The Morgan fingerprint density at radius 1 is 1.09 bits per heavy atom. The number of amides is 1. The highest BCUT2D eigenvalue weighted by Gasteiger charge is 2.35. The fraction of sp³-hybridized carbons (Fsp3) is 0.462. The highest BCUT2D eigenvalue weighted by molar-refractivity contribution is 5.82. The Balaban J connectivity index is 1.18. The van der Waals surface area contributed by atoms with Gasteiger partial charge in [0.25, 0.3) is 0 Å². The standard InChI is InChI=1S/C26H33N5O3/c1-17-27-21-6-4-5-7-24(21)31(17)16-18-10-12-30(13-11-18)26(32)23-15-22(28-29-23)20-14-19(33-2)8-9-25(20)34-3/h4-9,14,18,22-23,28-29H,10-13,15-16H2,1-3H3. The second-order valence-corrected chi connectivity index (χ2v) is 9.26. The number of aryl methyl sites for hydroxylation is 1. The molecule has 1 amide bonds. The van der Waals surface area contributed by atoms with Crippen LogP contribution in [0.5, 0.6) is 11.5 Å². The molecule has 2 unspecified atom stereocenters. The van der Waals surface area contributed by atoms with Crippen molar-refractivity contribution >= 4 is 16.9 Å². The molecule has 0 radical (unpaired) electrons. The van der Waals surface area contributed by atoms with Gasteiger partial charge in [0, 0.05) is 25.2 Å². The van der Waals surface area contributed by atoms with Crippen molar-refractivity contribution in [2.75, 3.05) is 27.3 Å². The van der Waals surface area contributed by atoms with Crippen LogP contribution >= 0.6 is 0 Å². The van der Waals surface area contributed by atoms with Gasteiger partial charge in [0.1, 0.15) is 23.4 Å². The Labute approximate surface area is 200 Å². The summed E-state index contributed by atoms with van der Waals surface area (Å²) in [4.78, 5) is 20.0. The maximum atomic E-state index is 13.3. The van der Waals surface area contributed by atoms with Crippen molar-refractivity contribution in [2.45, 2.75) is 44.8 Å². The third-order valence-electron chi connectivity index (χ3n) is 7.23. The molecule has 0 saturated carbocycles. The van der Waals surface area contributed by atoms with Crippen molar-refractivity contribution in [3.05, 3.63) is 53.9 Å². The molecular formula is C26H33N5O3. The van der Waals surface area contributed by atoms with Gasteiger partial charge in [-0.3, -0.25) is 4.79 Å². The lowest BCUT2D eigenvalue weighted by Crippen LogP contribution is -2.48. The van der Waals surface area contributed by atoms with Crippen LogP contribution < -0.4 is 20.3 Å². The number of nitrogens with zero attached hydrogens (tertiary/aromatic N) is 3. The Morgan fingerprint density at radius 2 is 1.88 bits per heavy atom. The van der Waals surface area contributed by atoms with Crippen LogP contribution in [0.1, 0.15) is 36.7 Å². The molecule has 180 valence electrons. The number of hydrogen-bond donors (Lipinski definition) is 2. The van der Waals surface area contributed by atoms with E-state index < -0.39 is 0 Å². The number of para-hydroxylation sites is 2. The lowest BCUT2D eigenvalue weighted by atomic mass is 9.95. The summed E-state index contributed by atoms with van der Waals surface area (Å²) < 4.78 is 13.2. The first-order valence-electron chi connectivity index (χ1n) is 12.0. The second-order valence-electron chi connectivity index (χ2n) is 9.26. The molecule has 34 heavy (non-hydrogen) atoms. The van der Waals surface area contributed by atoms with Gasteiger partial charge in [0.05, 0.1) is 31.3 Å². The number of fused-ring (bicyclic) bond motifs is 1. The first kappa shape index (κ1) is 22.7. The molecule has 8 heteroatoms. The summed E-state index contributed by atoms with van der Waals surface area (Å²) >= 11 is 0. The van der Waals surface area contributed by atoms with Crippen LogP contribution in [0.3, 0.4) is 0 Å². The number of imidazole rings is 1. The maximum absolute atomic E-state index is 13.3. The number of ether oxygens (including phenoxy) is 2. The molecule has 1 aromatic heterocycles. The van der Waals surface area contributed by atoms with E-state index >= 15 is 0 Å². The molecule has 8 nitrogen and oxygen atoms in total. The van der Waals surface area contributed by atoms with E-state index in [2.05, 4.69) is 40.5 Å². The molecule has 2 N–H and O–H groups in total. The lowest BCUT2D eigenvalue weighted by Gasteiger charge is -2.33. The normalized spacial score (nSPS) is 21.2. The predicted molar refractivity (Wildman–Crippen MR) is 131 cm³/mol. The van der Waals surface area contributed by atoms with E-state index in [9.17, 15) is 4.79 Å². The third kappa shape index (κ3) is 4.35. The van der Waals surface area contributed by atoms with Gasteiger partial charge in [-0.25, -0.2) is 15.8 Å². The molecule has 2 aliphatic heterocycles. The van der Waals surface area contributed by atoms with Gasteiger partial charge in [-0.15, -0.1) is 0 Å². The largest absolute Gasteiger partial charge is 0.497 e. The molecular weight excluding hydrogens is 430 g/mol. The zero-order valence-corrected chi connectivity index (χ0v) is 20.1. The highest BCUT2D eigenvalue weighted by atomic mass is 16.5. The maximum Gasteiger partial charge on any atom is 0.241 e. The average Bonchev–Trinajstić information content (AvgIpc) is 3.49. The molecule has 2 aliphatic rings. The number of hydrogen-bond acceptors (Lipinski definition) is 6. The molecule has 2 aromatic carbocycles. The fourth-order valence-electron chi connectivity index (χ4n) is 5.27. The van der Waals surface area contributed by atoms with Crippen molar-refractivity contribution in [2.24, 2.45) is 5.92 Å². The van der Waals surface area contributed by atoms with Gasteiger partial charge < -0.3 is 18.9 Å². The number of nitrogens with one attached hydrogen (secondary N) is 2. The summed E-state index contributed by atoms with van der Waals surface area (Å²) in [6.45, 7) is 4.61. The quantitative estimate of drug-likeness (QED) is 0.584. The number of aromatic nitrogens is 2. The molecule has 0 bridgehead atoms. The zero-order valence-electron chi connectivity index (χ0n) is 20.1. The van der Waals surface area contributed by atoms with Gasteiger partial charge in [-0.1, -0.05) is 12.1 Å². The van der Waals surface area contributed by atoms with Crippen molar-refractivity contribution in [1.82, 2.24) is 25.3 Å². The topological polar surface area (TPSA) is 80.7 Å². The Kier molecular flexibility index (Phi) is 6.43. The Morgan fingerprint density at radius 3 is 2.65 bits per heavy atom. The van der Waals surface area contributed by atoms with E-state index in [-0.39, 0.29) is 18.0 Å². The lowest BCUT2D eigenvalue weighted by molar-refractivity contribution is -0.134. The molecule has 5 rings (SSSR count). The minimum atomic E-state index is -0.253. The molecule has 3 heterocycles. The first-order chi connectivity index (χ1) is 16.6. The number of rotatable bonds is 6. The third-order valence-corrected chi connectivity index (χ3v) is 7.23. The van der Waals surface area contributed by atoms with E-state index in [1.807, 2.05) is 29.2 Å². The number of benzene rings is 2. The van der Waals surface area contributed by atoms with Crippen LogP contribution in [0.25, 0.3) is 11.0 Å². The number of likely N-dealkylation sites (tertiary alicyclic amines) is 1. The number of carbonyl (C=O) groups is 1. The highest BCUT2D eigenvalue weighted by Crippen LogP contribution is 2.34. The van der Waals surface area contributed by atoms with E-state index in [0.717, 1.165) is 60.9 Å². The SMILES string of the molecule is COc1ccc(OC)c(C2CC(C(=O)N3CCC(Cn4c(C)nc5ccccc54)CC3)NN2)c1.